The second-order valence-corrected chi connectivity index (χ2v) is 7.12. The molecule has 0 atom stereocenters. The van der Waals surface area contributed by atoms with Crippen LogP contribution in [0.3, 0.4) is 0 Å². The van der Waals surface area contributed by atoms with Crippen molar-refractivity contribution in [3.05, 3.63) is 35.4 Å². The molecule has 0 aliphatic rings. The summed E-state index contributed by atoms with van der Waals surface area (Å²) in [7, 11) is -3.75. The number of hydrogen-bond acceptors (Lipinski definition) is 4. The zero-order valence-corrected chi connectivity index (χ0v) is 12.8. The van der Waals surface area contributed by atoms with Gasteiger partial charge in [-0.15, -0.1) is 0 Å². The Labute approximate surface area is 124 Å². The van der Waals surface area contributed by atoms with Crippen molar-refractivity contribution in [2.24, 2.45) is 5.92 Å². The monoisotopic (exact) mass is 310 g/mol. The fourth-order valence-corrected chi connectivity index (χ4v) is 3.48. The van der Waals surface area contributed by atoms with Crippen LogP contribution in [0, 0.1) is 17.2 Å². The van der Waals surface area contributed by atoms with Crippen molar-refractivity contribution in [1.82, 2.24) is 4.31 Å². The summed E-state index contributed by atoms with van der Waals surface area (Å²) in [5.41, 5.74) is 0.838. The molecular formula is C14H18N2O4S. The third-order valence-electron chi connectivity index (χ3n) is 2.68. The van der Waals surface area contributed by atoms with E-state index in [0.717, 1.165) is 4.31 Å². The van der Waals surface area contributed by atoms with Crippen molar-refractivity contribution in [2.45, 2.75) is 19.6 Å². The molecule has 1 aromatic rings. The number of sulfonamides is 1. The number of nitrogens with zero attached hydrogens (tertiary/aromatic N) is 2. The van der Waals surface area contributed by atoms with Crippen molar-refractivity contribution >= 4 is 16.0 Å². The lowest BCUT2D eigenvalue weighted by molar-refractivity contribution is -0.137. The first-order valence-electron chi connectivity index (χ1n) is 6.43. The molecule has 114 valence electrons. The van der Waals surface area contributed by atoms with Crippen LogP contribution in [0.1, 0.15) is 25.0 Å². The first-order valence-corrected chi connectivity index (χ1v) is 8.04. The van der Waals surface area contributed by atoms with Gasteiger partial charge in [0.2, 0.25) is 10.0 Å². The average molecular weight is 310 g/mol. The topological polar surface area (TPSA) is 98.5 Å². The highest BCUT2D eigenvalue weighted by atomic mass is 32.2. The maximum Gasteiger partial charge on any atom is 0.318 e. The Bertz CT molecular complexity index is 647. The Kier molecular flexibility index (Phi) is 5.88. The number of hydrogen-bond donors (Lipinski definition) is 1. The van der Waals surface area contributed by atoms with E-state index in [1.54, 1.807) is 18.2 Å². The van der Waals surface area contributed by atoms with E-state index in [9.17, 15) is 13.2 Å². The standard InChI is InChI=1S/C14H18N2O4S/c1-11(2)8-16(9-14(17)18)21(19,20)10-13-5-3-4-12(6-13)7-15/h3-6,11H,8-10H2,1-2H3,(H,17,18). The van der Waals surface area contributed by atoms with E-state index in [1.807, 2.05) is 19.9 Å². The van der Waals surface area contributed by atoms with E-state index in [2.05, 4.69) is 0 Å². The Morgan fingerprint density at radius 2 is 2.10 bits per heavy atom. The van der Waals surface area contributed by atoms with Gasteiger partial charge in [0.25, 0.3) is 0 Å². The molecular weight excluding hydrogens is 292 g/mol. The number of carboxylic acids is 1. The number of benzene rings is 1. The average Bonchev–Trinajstić information content (AvgIpc) is 2.36. The number of aliphatic carboxylic acids is 1. The molecule has 1 aromatic carbocycles. The number of carbonyl (C=O) groups is 1. The summed E-state index contributed by atoms with van der Waals surface area (Å²) < 4.78 is 25.7. The van der Waals surface area contributed by atoms with Gasteiger partial charge in [-0.2, -0.15) is 9.57 Å². The van der Waals surface area contributed by atoms with Gasteiger partial charge in [0.15, 0.2) is 0 Å². The summed E-state index contributed by atoms with van der Waals surface area (Å²) in [6.07, 6.45) is 0. The van der Waals surface area contributed by atoms with Gasteiger partial charge < -0.3 is 5.11 Å². The minimum Gasteiger partial charge on any atom is -0.480 e. The van der Waals surface area contributed by atoms with Gasteiger partial charge in [0.05, 0.1) is 17.4 Å². The summed E-state index contributed by atoms with van der Waals surface area (Å²) in [4.78, 5) is 10.8. The lowest BCUT2D eigenvalue weighted by Crippen LogP contribution is -2.38. The SMILES string of the molecule is CC(C)CN(CC(=O)O)S(=O)(=O)Cc1cccc(C#N)c1. The predicted molar refractivity (Wildman–Crippen MR) is 77.8 cm³/mol. The molecule has 0 unspecified atom stereocenters. The Morgan fingerprint density at radius 1 is 1.43 bits per heavy atom. The third-order valence-corrected chi connectivity index (χ3v) is 4.44. The van der Waals surface area contributed by atoms with E-state index in [1.165, 1.54) is 6.07 Å². The van der Waals surface area contributed by atoms with E-state index in [-0.39, 0.29) is 18.2 Å². The highest BCUT2D eigenvalue weighted by Gasteiger charge is 2.25. The summed E-state index contributed by atoms with van der Waals surface area (Å²) in [5.74, 6) is -1.49. The normalized spacial score (nSPS) is 11.6. The zero-order valence-electron chi connectivity index (χ0n) is 12.0. The summed E-state index contributed by atoms with van der Waals surface area (Å²) in [5, 5.41) is 17.7. The van der Waals surface area contributed by atoms with Gasteiger partial charge in [-0.1, -0.05) is 26.0 Å². The van der Waals surface area contributed by atoms with Crippen molar-refractivity contribution in [1.29, 1.82) is 5.26 Å². The van der Waals surface area contributed by atoms with Crippen LogP contribution in [0.15, 0.2) is 24.3 Å². The lowest BCUT2D eigenvalue weighted by atomic mass is 10.2. The minimum absolute atomic E-state index is 0.0181. The molecule has 0 aliphatic heterocycles. The molecule has 0 aliphatic carbocycles. The summed E-state index contributed by atoms with van der Waals surface area (Å²) in [6.45, 7) is 3.23. The Balaban J connectivity index is 2.99. The largest absolute Gasteiger partial charge is 0.480 e. The van der Waals surface area contributed by atoms with Crippen molar-refractivity contribution in [3.63, 3.8) is 0 Å². The van der Waals surface area contributed by atoms with Crippen LogP contribution < -0.4 is 0 Å². The molecule has 0 saturated carbocycles. The molecule has 0 bridgehead atoms. The maximum atomic E-state index is 12.4. The van der Waals surface area contributed by atoms with Gasteiger partial charge in [-0.25, -0.2) is 8.42 Å². The molecule has 7 heteroatoms. The van der Waals surface area contributed by atoms with E-state index >= 15 is 0 Å². The van der Waals surface area contributed by atoms with E-state index in [0.29, 0.717) is 11.1 Å². The first kappa shape index (κ1) is 17.1. The predicted octanol–water partition coefficient (Wildman–Crippen LogP) is 1.43. The third kappa shape index (κ3) is 5.53. The second-order valence-electron chi connectivity index (χ2n) is 5.15. The fourth-order valence-electron chi connectivity index (χ4n) is 1.87. The number of rotatable bonds is 7. The van der Waals surface area contributed by atoms with E-state index in [4.69, 9.17) is 10.4 Å². The van der Waals surface area contributed by atoms with Gasteiger partial charge >= 0.3 is 5.97 Å². The quantitative estimate of drug-likeness (QED) is 0.821. The number of nitriles is 1. The van der Waals surface area contributed by atoms with Gasteiger partial charge in [-0.3, -0.25) is 4.79 Å². The van der Waals surface area contributed by atoms with Crippen LogP contribution in [0.5, 0.6) is 0 Å². The molecule has 0 saturated heterocycles. The second kappa shape index (κ2) is 7.20. The molecule has 1 rings (SSSR count). The molecule has 0 amide bonds. The number of carboxylic acid groups (broad SMARTS) is 1. The van der Waals surface area contributed by atoms with Crippen LogP contribution in [-0.4, -0.2) is 36.9 Å². The highest BCUT2D eigenvalue weighted by molar-refractivity contribution is 7.88. The van der Waals surface area contributed by atoms with Crippen LogP contribution >= 0.6 is 0 Å². The Morgan fingerprint density at radius 3 is 2.62 bits per heavy atom. The van der Waals surface area contributed by atoms with Crippen LogP contribution in [-0.2, 0) is 20.6 Å². The molecule has 0 spiro atoms. The molecule has 0 aromatic heterocycles. The molecule has 1 N–H and O–H groups in total. The lowest BCUT2D eigenvalue weighted by Gasteiger charge is -2.22. The van der Waals surface area contributed by atoms with E-state index < -0.39 is 22.5 Å². The van der Waals surface area contributed by atoms with Crippen LogP contribution in [0.2, 0.25) is 0 Å². The first-order chi connectivity index (χ1) is 9.74. The smallest absolute Gasteiger partial charge is 0.318 e. The Hall–Kier alpha value is -1.91. The van der Waals surface area contributed by atoms with Crippen molar-refractivity contribution in [2.75, 3.05) is 13.1 Å². The highest BCUT2D eigenvalue weighted by Crippen LogP contribution is 2.14. The zero-order chi connectivity index (χ0) is 16.0. The molecule has 0 fully saturated rings. The minimum atomic E-state index is -3.75. The molecule has 0 radical (unpaired) electrons. The fraction of sp³-hybridized carbons (Fsp3) is 0.429. The summed E-state index contributed by atoms with van der Waals surface area (Å²) in [6, 6.07) is 8.23. The van der Waals surface area contributed by atoms with Gasteiger partial charge in [-0.05, 0) is 23.6 Å². The summed E-state index contributed by atoms with van der Waals surface area (Å²) >= 11 is 0. The van der Waals surface area contributed by atoms with Crippen molar-refractivity contribution in [3.8, 4) is 6.07 Å². The molecule has 0 heterocycles. The molecule has 6 nitrogen and oxygen atoms in total. The van der Waals surface area contributed by atoms with Crippen LogP contribution in [0.4, 0.5) is 0 Å². The van der Waals surface area contributed by atoms with Crippen LogP contribution in [0.25, 0.3) is 0 Å². The maximum absolute atomic E-state index is 12.4. The molecule has 21 heavy (non-hydrogen) atoms. The van der Waals surface area contributed by atoms with Gasteiger partial charge in [0, 0.05) is 6.54 Å². The van der Waals surface area contributed by atoms with Gasteiger partial charge in [0.1, 0.15) is 6.54 Å². The van der Waals surface area contributed by atoms with Crippen molar-refractivity contribution < 1.29 is 18.3 Å².